The van der Waals surface area contributed by atoms with Crippen LogP contribution in [0.4, 0.5) is 4.39 Å². The van der Waals surface area contributed by atoms with Gasteiger partial charge in [0.2, 0.25) is 0 Å². The second-order valence-electron chi connectivity index (χ2n) is 2.90. The van der Waals surface area contributed by atoms with E-state index in [0.717, 1.165) is 13.2 Å². The maximum Gasteiger partial charge on any atom is 0.327 e. The van der Waals surface area contributed by atoms with Gasteiger partial charge in [-0.3, -0.25) is 4.79 Å². The Morgan fingerprint density at radius 1 is 1.50 bits per heavy atom. The zero-order valence-electron chi connectivity index (χ0n) is 8.40. The average molecular weight is 218 g/mol. The summed E-state index contributed by atoms with van der Waals surface area (Å²) in [6.07, 6.45) is 0. The van der Waals surface area contributed by atoms with Gasteiger partial charge in [0.25, 0.3) is 0 Å². The second kappa shape index (κ2) is 4.90. The van der Waals surface area contributed by atoms with Crippen LogP contribution in [-0.4, -0.2) is 13.1 Å². The van der Waals surface area contributed by atoms with Crippen LogP contribution in [0.1, 0.15) is 17.0 Å². The summed E-state index contributed by atoms with van der Waals surface area (Å²) in [5.41, 5.74) is -0.281. The van der Waals surface area contributed by atoms with E-state index in [2.05, 4.69) is 4.74 Å². The van der Waals surface area contributed by atoms with E-state index in [4.69, 9.17) is 10.5 Å². The Morgan fingerprint density at radius 2 is 2.19 bits per heavy atom. The van der Waals surface area contributed by atoms with E-state index >= 15 is 0 Å². The number of carbonyl (C=O) groups excluding carboxylic acids is 1. The fourth-order valence-electron chi connectivity index (χ4n) is 1.27. The maximum absolute atomic E-state index is 13.2. The van der Waals surface area contributed by atoms with Crippen molar-refractivity contribution in [1.82, 2.24) is 0 Å². The minimum absolute atomic E-state index is 0.0249. The molecule has 0 fully saturated rings. The van der Waals surface area contributed by atoms with E-state index in [9.17, 15) is 9.18 Å². The Hall–Kier alpha value is -2.40. The normalized spacial score (nSPS) is 11.0. The summed E-state index contributed by atoms with van der Waals surface area (Å²) < 4.78 is 17.6. The lowest BCUT2D eigenvalue weighted by molar-refractivity contribution is -0.141. The molecule has 4 nitrogen and oxygen atoms in total. The first kappa shape index (κ1) is 11.7. The van der Waals surface area contributed by atoms with Crippen molar-refractivity contribution in [2.45, 2.75) is 5.92 Å². The van der Waals surface area contributed by atoms with Crippen LogP contribution in [0.2, 0.25) is 0 Å². The number of halogens is 1. The topological polar surface area (TPSA) is 73.9 Å². The molecule has 0 radical (unpaired) electrons. The van der Waals surface area contributed by atoms with Crippen LogP contribution in [0.25, 0.3) is 0 Å². The molecule has 0 saturated heterocycles. The van der Waals surface area contributed by atoms with Crippen LogP contribution in [0, 0.1) is 28.5 Å². The van der Waals surface area contributed by atoms with Gasteiger partial charge >= 0.3 is 5.97 Å². The third-order valence-electron chi connectivity index (χ3n) is 2.03. The number of rotatable bonds is 2. The van der Waals surface area contributed by atoms with Gasteiger partial charge < -0.3 is 4.74 Å². The molecule has 1 rings (SSSR count). The van der Waals surface area contributed by atoms with Crippen molar-refractivity contribution in [3.63, 3.8) is 0 Å². The van der Waals surface area contributed by atoms with Crippen molar-refractivity contribution in [3.05, 3.63) is 35.1 Å². The van der Waals surface area contributed by atoms with Crippen LogP contribution in [-0.2, 0) is 9.53 Å². The van der Waals surface area contributed by atoms with E-state index in [1.54, 1.807) is 12.1 Å². The Morgan fingerprint density at radius 3 is 2.69 bits per heavy atom. The molecule has 0 aromatic heterocycles. The molecule has 0 aliphatic heterocycles. The molecule has 0 N–H and O–H groups in total. The van der Waals surface area contributed by atoms with Gasteiger partial charge in [-0.1, -0.05) is 12.1 Å². The van der Waals surface area contributed by atoms with E-state index < -0.39 is 17.7 Å². The van der Waals surface area contributed by atoms with Crippen molar-refractivity contribution in [3.8, 4) is 12.1 Å². The van der Waals surface area contributed by atoms with E-state index in [-0.39, 0.29) is 11.1 Å². The zero-order chi connectivity index (χ0) is 12.1. The number of hydrogen-bond acceptors (Lipinski definition) is 4. The number of esters is 1. The lowest BCUT2D eigenvalue weighted by Crippen LogP contribution is -2.14. The molecule has 0 aliphatic carbocycles. The average Bonchev–Trinajstić information content (AvgIpc) is 2.30. The smallest absolute Gasteiger partial charge is 0.327 e. The molecule has 16 heavy (non-hydrogen) atoms. The first-order valence-corrected chi connectivity index (χ1v) is 4.31. The van der Waals surface area contributed by atoms with Gasteiger partial charge in [0.1, 0.15) is 11.9 Å². The van der Waals surface area contributed by atoms with Gasteiger partial charge in [0.05, 0.1) is 18.7 Å². The van der Waals surface area contributed by atoms with Crippen LogP contribution < -0.4 is 0 Å². The second-order valence-corrected chi connectivity index (χ2v) is 2.90. The SMILES string of the molecule is COC(=O)C(C#N)c1cccc(F)c1C#N. The lowest BCUT2D eigenvalue weighted by Gasteiger charge is -2.08. The highest BCUT2D eigenvalue weighted by Crippen LogP contribution is 2.22. The summed E-state index contributed by atoms with van der Waals surface area (Å²) in [4.78, 5) is 11.2. The third kappa shape index (κ3) is 1.99. The summed E-state index contributed by atoms with van der Waals surface area (Å²) in [7, 11) is 1.12. The number of ether oxygens (including phenoxy) is 1. The van der Waals surface area contributed by atoms with E-state index in [1.807, 2.05) is 0 Å². The van der Waals surface area contributed by atoms with Crippen molar-refractivity contribution in [2.24, 2.45) is 0 Å². The van der Waals surface area contributed by atoms with Crippen LogP contribution >= 0.6 is 0 Å². The molecule has 0 aliphatic rings. The van der Waals surface area contributed by atoms with Crippen molar-refractivity contribution < 1.29 is 13.9 Å². The fraction of sp³-hybridized carbons (Fsp3) is 0.182. The summed E-state index contributed by atoms with van der Waals surface area (Å²) >= 11 is 0. The highest BCUT2D eigenvalue weighted by molar-refractivity contribution is 5.82. The van der Waals surface area contributed by atoms with Gasteiger partial charge in [-0.25, -0.2) is 4.39 Å². The summed E-state index contributed by atoms with van der Waals surface area (Å²) in [5.74, 6) is -2.86. The minimum atomic E-state index is -1.28. The van der Waals surface area contributed by atoms with Crippen molar-refractivity contribution >= 4 is 5.97 Å². The van der Waals surface area contributed by atoms with Gasteiger partial charge in [-0.2, -0.15) is 10.5 Å². The molecule has 0 heterocycles. The van der Waals surface area contributed by atoms with E-state index in [0.29, 0.717) is 0 Å². The number of methoxy groups -OCH3 is 1. The minimum Gasteiger partial charge on any atom is -0.468 e. The van der Waals surface area contributed by atoms with Crippen molar-refractivity contribution in [1.29, 1.82) is 10.5 Å². The van der Waals surface area contributed by atoms with Crippen LogP contribution in [0.5, 0.6) is 0 Å². The van der Waals surface area contributed by atoms with Gasteiger partial charge in [0.15, 0.2) is 5.92 Å². The number of hydrogen-bond donors (Lipinski definition) is 0. The number of nitrogens with zero attached hydrogens (tertiary/aromatic N) is 2. The summed E-state index contributed by atoms with van der Waals surface area (Å²) in [6, 6.07) is 7.08. The Bertz CT molecular complexity index is 500. The molecule has 1 aromatic rings. The number of benzene rings is 1. The third-order valence-corrected chi connectivity index (χ3v) is 2.03. The van der Waals surface area contributed by atoms with Crippen LogP contribution in [0.15, 0.2) is 18.2 Å². The molecule has 0 saturated carbocycles. The van der Waals surface area contributed by atoms with Gasteiger partial charge in [-0.05, 0) is 6.07 Å². The molecule has 1 aromatic carbocycles. The molecular weight excluding hydrogens is 211 g/mol. The van der Waals surface area contributed by atoms with Gasteiger partial charge in [0, 0.05) is 5.56 Å². The standard InChI is InChI=1S/C11H7FN2O2/c1-16-11(15)9(6-14)7-3-2-4-10(12)8(7)5-13/h2-4,9H,1H3. The molecule has 1 atom stereocenters. The lowest BCUT2D eigenvalue weighted by atomic mass is 9.95. The Labute approximate surface area is 91.5 Å². The first-order chi connectivity index (χ1) is 7.65. The molecule has 0 spiro atoms. The molecule has 80 valence electrons. The predicted octanol–water partition coefficient (Wildman–Crippen LogP) is 1.48. The van der Waals surface area contributed by atoms with Crippen molar-refractivity contribution in [2.75, 3.05) is 7.11 Å². The Balaban J connectivity index is 3.33. The zero-order valence-corrected chi connectivity index (χ0v) is 8.40. The quantitative estimate of drug-likeness (QED) is 0.704. The highest BCUT2D eigenvalue weighted by Gasteiger charge is 2.25. The number of nitriles is 2. The first-order valence-electron chi connectivity index (χ1n) is 4.31. The largest absolute Gasteiger partial charge is 0.468 e. The fourth-order valence-corrected chi connectivity index (χ4v) is 1.27. The van der Waals surface area contributed by atoms with Gasteiger partial charge in [-0.15, -0.1) is 0 Å². The molecule has 0 amide bonds. The molecular formula is C11H7FN2O2. The molecule has 0 bridgehead atoms. The number of carbonyl (C=O) groups is 1. The highest BCUT2D eigenvalue weighted by atomic mass is 19.1. The predicted molar refractivity (Wildman–Crippen MR) is 51.5 cm³/mol. The Kier molecular flexibility index (Phi) is 3.58. The summed E-state index contributed by atoms with van der Waals surface area (Å²) in [5, 5.41) is 17.6. The molecule has 1 unspecified atom stereocenters. The summed E-state index contributed by atoms with van der Waals surface area (Å²) in [6.45, 7) is 0. The molecule has 5 heteroatoms. The maximum atomic E-state index is 13.2. The monoisotopic (exact) mass is 218 g/mol. The van der Waals surface area contributed by atoms with Crippen LogP contribution in [0.3, 0.4) is 0 Å². The van der Waals surface area contributed by atoms with E-state index in [1.165, 1.54) is 12.1 Å².